The maximum atomic E-state index is 12.0. The van der Waals surface area contributed by atoms with Crippen molar-refractivity contribution in [2.75, 3.05) is 0 Å². The van der Waals surface area contributed by atoms with E-state index < -0.39 is 12.1 Å². The Hall–Kier alpha value is -1.57. The van der Waals surface area contributed by atoms with Crippen molar-refractivity contribution in [3.05, 3.63) is 23.8 Å². The van der Waals surface area contributed by atoms with Gasteiger partial charge in [0.15, 0.2) is 0 Å². The Balaban J connectivity index is 3.15. The van der Waals surface area contributed by atoms with Crippen LogP contribution in [0.3, 0.4) is 0 Å². The zero-order chi connectivity index (χ0) is 8.27. The van der Waals surface area contributed by atoms with E-state index in [-0.39, 0.29) is 5.56 Å². The lowest BCUT2D eigenvalue weighted by Crippen LogP contribution is -1.95. The Morgan fingerprint density at radius 1 is 1.55 bits per heavy atom. The van der Waals surface area contributed by atoms with Crippen LogP contribution >= 0.6 is 0 Å². The molecule has 0 fully saturated rings. The van der Waals surface area contributed by atoms with Gasteiger partial charge in [0.2, 0.25) is 0 Å². The van der Waals surface area contributed by atoms with Crippen LogP contribution in [0.25, 0.3) is 0 Å². The SMILES string of the molecule is N#Cc1cncnc1C(F)F. The smallest absolute Gasteiger partial charge is 0.243 e. The predicted molar refractivity (Wildman–Crippen MR) is 31.7 cm³/mol. The minimum atomic E-state index is -2.72. The quantitative estimate of drug-likeness (QED) is 0.613. The fourth-order valence-electron chi connectivity index (χ4n) is 0.599. The Bertz CT molecular complexity index is 292. The first-order chi connectivity index (χ1) is 5.25. The number of aromatic nitrogens is 2. The highest BCUT2D eigenvalue weighted by molar-refractivity contribution is 5.30. The summed E-state index contributed by atoms with van der Waals surface area (Å²) in [6, 6.07) is 1.57. The Morgan fingerprint density at radius 2 is 2.27 bits per heavy atom. The van der Waals surface area contributed by atoms with Crippen molar-refractivity contribution in [3.63, 3.8) is 0 Å². The molecule has 1 heterocycles. The molecule has 0 aliphatic rings. The molecule has 0 radical (unpaired) electrons. The molecule has 0 unspecified atom stereocenters. The van der Waals surface area contributed by atoms with Crippen LogP contribution in [0.15, 0.2) is 12.5 Å². The second-order valence-electron chi connectivity index (χ2n) is 1.73. The van der Waals surface area contributed by atoms with Gasteiger partial charge >= 0.3 is 0 Å². The lowest BCUT2D eigenvalue weighted by atomic mass is 10.2. The standard InChI is InChI=1S/C6H3F2N3/c7-6(8)5-4(1-9)2-10-3-11-5/h2-3,6H. The number of halogens is 2. The van der Waals surface area contributed by atoms with Gasteiger partial charge in [0.05, 0.1) is 5.56 Å². The first-order valence-corrected chi connectivity index (χ1v) is 2.74. The average molecular weight is 155 g/mol. The second-order valence-corrected chi connectivity index (χ2v) is 1.73. The highest BCUT2D eigenvalue weighted by atomic mass is 19.3. The third-order valence-electron chi connectivity index (χ3n) is 1.07. The fourth-order valence-corrected chi connectivity index (χ4v) is 0.599. The summed E-state index contributed by atoms with van der Waals surface area (Å²) < 4.78 is 23.9. The van der Waals surface area contributed by atoms with E-state index in [0.29, 0.717) is 0 Å². The summed E-state index contributed by atoms with van der Waals surface area (Å²) in [5.41, 5.74) is -0.690. The average Bonchev–Trinajstić information content (AvgIpc) is 2.04. The molecule has 1 aromatic rings. The molecule has 5 heteroatoms. The molecule has 0 bridgehead atoms. The van der Waals surface area contributed by atoms with Gasteiger partial charge in [-0.1, -0.05) is 0 Å². The van der Waals surface area contributed by atoms with Crippen LogP contribution in [0.2, 0.25) is 0 Å². The molecular weight excluding hydrogens is 152 g/mol. The minimum absolute atomic E-state index is 0.178. The summed E-state index contributed by atoms with van der Waals surface area (Å²) in [7, 11) is 0. The van der Waals surface area contributed by atoms with Gasteiger partial charge in [-0.15, -0.1) is 0 Å². The summed E-state index contributed by atoms with van der Waals surface area (Å²) in [4.78, 5) is 6.70. The molecule has 3 nitrogen and oxygen atoms in total. The van der Waals surface area contributed by atoms with Crippen molar-refractivity contribution in [1.82, 2.24) is 9.97 Å². The highest BCUT2D eigenvalue weighted by Crippen LogP contribution is 2.18. The molecule has 56 valence electrons. The van der Waals surface area contributed by atoms with E-state index in [1.54, 1.807) is 6.07 Å². The van der Waals surface area contributed by atoms with Crippen molar-refractivity contribution in [2.45, 2.75) is 6.43 Å². The van der Waals surface area contributed by atoms with Crippen LogP contribution in [0.1, 0.15) is 17.7 Å². The Labute approximate surface area is 61.3 Å². The van der Waals surface area contributed by atoms with Gasteiger partial charge < -0.3 is 0 Å². The lowest BCUT2D eigenvalue weighted by molar-refractivity contribution is 0.145. The molecule has 0 aromatic carbocycles. The maximum Gasteiger partial charge on any atom is 0.281 e. The molecule has 0 N–H and O–H groups in total. The summed E-state index contributed by atoms with van der Waals surface area (Å²) in [6.07, 6.45) is -0.663. The van der Waals surface area contributed by atoms with E-state index in [1.165, 1.54) is 0 Å². The third-order valence-corrected chi connectivity index (χ3v) is 1.07. The summed E-state index contributed by atoms with van der Waals surface area (Å²) in [5, 5.41) is 8.30. The first kappa shape index (κ1) is 7.54. The molecule has 1 rings (SSSR count). The van der Waals surface area contributed by atoms with Crippen LogP contribution in [0.5, 0.6) is 0 Å². The molecule has 0 aliphatic carbocycles. The normalized spacial score (nSPS) is 9.64. The van der Waals surface area contributed by atoms with E-state index in [9.17, 15) is 8.78 Å². The Morgan fingerprint density at radius 3 is 2.73 bits per heavy atom. The van der Waals surface area contributed by atoms with Gasteiger partial charge in [-0.2, -0.15) is 5.26 Å². The lowest BCUT2D eigenvalue weighted by Gasteiger charge is -1.97. The van der Waals surface area contributed by atoms with Gasteiger partial charge in [0.25, 0.3) is 6.43 Å². The maximum absolute atomic E-state index is 12.0. The van der Waals surface area contributed by atoms with Gasteiger partial charge in [0.1, 0.15) is 18.1 Å². The second kappa shape index (κ2) is 3.01. The zero-order valence-electron chi connectivity index (χ0n) is 5.33. The number of hydrogen-bond acceptors (Lipinski definition) is 3. The molecule has 11 heavy (non-hydrogen) atoms. The van der Waals surface area contributed by atoms with Crippen molar-refractivity contribution in [3.8, 4) is 6.07 Å². The van der Waals surface area contributed by atoms with Crippen molar-refractivity contribution >= 4 is 0 Å². The summed E-state index contributed by atoms with van der Waals surface area (Å²) in [6.45, 7) is 0. The third kappa shape index (κ3) is 1.46. The monoisotopic (exact) mass is 155 g/mol. The van der Waals surface area contributed by atoms with E-state index in [1.807, 2.05) is 0 Å². The summed E-state index contributed by atoms with van der Waals surface area (Å²) >= 11 is 0. The number of rotatable bonds is 1. The highest BCUT2D eigenvalue weighted by Gasteiger charge is 2.13. The van der Waals surface area contributed by atoms with E-state index in [4.69, 9.17) is 5.26 Å². The first-order valence-electron chi connectivity index (χ1n) is 2.74. The van der Waals surface area contributed by atoms with E-state index in [0.717, 1.165) is 12.5 Å². The minimum Gasteiger partial charge on any atom is -0.243 e. The van der Waals surface area contributed by atoms with Gasteiger partial charge in [-0.25, -0.2) is 18.7 Å². The van der Waals surface area contributed by atoms with E-state index in [2.05, 4.69) is 9.97 Å². The van der Waals surface area contributed by atoms with Crippen molar-refractivity contribution < 1.29 is 8.78 Å². The largest absolute Gasteiger partial charge is 0.281 e. The van der Waals surface area contributed by atoms with Gasteiger partial charge in [-0.3, -0.25) is 0 Å². The van der Waals surface area contributed by atoms with Crippen molar-refractivity contribution in [1.29, 1.82) is 5.26 Å². The van der Waals surface area contributed by atoms with Crippen LogP contribution in [-0.2, 0) is 0 Å². The number of hydrogen-bond donors (Lipinski definition) is 0. The molecule has 0 aliphatic heterocycles. The topological polar surface area (TPSA) is 49.6 Å². The van der Waals surface area contributed by atoms with Gasteiger partial charge in [0, 0.05) is 6.20 Å². The molecule has 0 saturated carbocycles. The fraction of sp³-hybridized carbons (Fsp3) is 0.167. The van der Waals surface area contributed by atoms with Crippen LogP contribution in [0.4, 0.5) is 8.78 Å². The molecule has 1 aromatic heterocycles. The summed E-state index contributed by atoms with van der Waals surface area (Å²) in [5.74, 6) is 0. The Kier molecular flexibility index (Phi) is 2.06. The number of nitriles is 1. The molecule has 0 saturated heterocycles. The van der Waals surface area contributed by atoms with Crippen molar-refractivity contribution in [2.24, 2.45) is 0 Å². The van der Waals surface area contributed by atoms with Crippen LogP contribution in [-0.4, -0.2) is 9.97 Å². The van der Waals surface area contributed by atoms with Crippen LogP contribution < -0.4 is 0 Å². The molecule has 0 amide bonds. The van der Waals surface area contributed by atoms with Crippen LogP contribution in [0, 0.1) is 11.3 Å². The predicted octanol–water partition coefficient (Wildman–Crippen LogP) is 1.29. The van der Waals surface area contributed by atoms with E-state index >= 15 is 0 Å². The number of alkyl halides is 2. The molecule has 0 atom stereocenters. The molecule has 0 spiro atoms. The zero-order valence-corrected chi connectivity index (χ0v) is 5.33. The van der Waals surface area contributed by atoms with Gasteiger partial charge in [-0.05, 0) is 0 Å². The molecular formula is C6H3F2N3. The number of nitrogens with zero attached hydrogens (tertiary/aromatic N) is 3.